The molecule has 5 nitrogen and oxygen atoms in total. The second-order valence-corrected chi connectivity index (χ2v) is 4.35. The van der Waals surface area contributed by atoms with Crippen LogP contribution in [0.1, 0.15) is 40.5 Å². The van der Waals surface area contributed by atoms with Crippen LogP contribution in [0.3, 0.4) is 0 Å². The van der Waals surface area contributed by atoms with E-state index in [9.17, 15) is 9.59 Å². The first-order valence-corrected chi connectivity index (χ1v) is 6.35. The normalized spacial score (nSPS) is 14.4. The molecule has 0 spiro atoms. The van der Waals surface area contributed by atoms with Gasteiger partial charge in [0.25, 0.3) is 0 Å². The van der Waals surface area contributed by atoms with Gasteiger partial charge in [0, 0.05) is 21.6 Å². The van der Waals surface area contributed by atoms with Gasteiger partial charge in [-0.1, -0.05) is 54.9 Å². The van der Waals surface area contributed by atoms with Gasteiger partial charge in [0.15, 0.2) is 11.6 Å². The van der Waals surface area contributed by atoms with Gasteiger partial charge in [-0.05, 0) is 12.0 Å². The summed E-state index contributed by atoms with van der Waals surface area (Å²) in [5, 5.41) is 3.41. The molecule has 1 aliphatic rings. The first-order chi connectivity index (χ1) is 9.70. The number of fused-ring (bicyclic) bond motifs is 1. The van der Waals surface area contributed by atoms with Crippen molar-refractivity contribution in [3.8, 4) is 0 Å². The van der Waals surface area contributed by atoms with Gasteiger partial charge >= 0.3 is 0 Å². The first-order valence-electron chi connectivity index (χ1n) is 6.35. The highest BCUT2D eigenvalue weighted by molar-refractivity contribution is 6.27. The standard InChI is InChI=1S/C15H13N3O2/c1-2-3-4-9-12-13(17-18-16)15(20)11-8-6-5-7-10(11)14(12)19/h4-9H,2-3H2,1H3. The summed E-state index contributed by atoms with van der Waals surface area (Å²) in [6, 6.07) is 6.55. The van der Waals surface area contributed by atoms with Gasteiger partial charge < -0.3 is 0 Å². The third-order valence-corrected chi connectivity index (χ3v) is 3.02. The number of azide groups is 1. The molecule has 5 heteroatoms. The molecule has 0 atom stereocenters. The highest BCUT2D eigenvalue weighted by Crippen LogP contribution is 2.28. The molecule has 0 bridgehead atoms. The molecule has 0 aliphatic heterocycles. The predicted octanol–water partition coefficient (Wildman–Crippen LogP) is 3.99. The lowest BCUT2D eigenvalue weighted by Crippen LogP contribution is -2.20. The molecule has 0 saturated heterocycles. The summed E-state index contributed by atoms with van der Waals surface area (Å²) < 4.78 is 0. The van der Waals surface area contributed by atoms with Crippen LogP contribution in [0.15, 0.2) is 52.8 Å². The summed E-state index contributed by atoms with van der Waals surface area (Å²) in [6.07, 6.45) is 5.10. The number of allylic oxidation sites excluding steroid dienone is 4. The highest BCUT2D eigenvalue weighted by atomic mass is 16.1. The molecule has 1 aromatic rings. The third-order valence-electron chi connectivity index (χ3n) is 3.02. The van der Waals surface area contributed by atoms with E-state index in [-0.39, 0.29) is 22.6 Å². The Bertz CT molecular complexity index is 680. The zero-order valence-corrected chi connectivity index (χ0v) is 11.0. The summed E-state index contributed by atoms with van der Waals surface area (Å²) in [5.74, 6) is -0.691. The fourth-order valence-corrected chi connectivity index (χ4v) is 2.05. The van der Waals surface area contributed by atoms with Crippen molar-refractivity contribution in [2.45, 2.75) is 19.8 Å². The number of ketones is 2. The molecule has 0 heterocycles. The van der Waals surface area contributed by atoms with Gasteiger partial charge in [-0.3, -0.25) is 9.59 Å². The van der Waals surface area contributed by atoms with E-state index in [1.165, 1.54) is 0 Å². The van der Waals surface area contributed by atoms with Gasteiger partial charge in [-0.25, -0.2) is 0 Å². The van der Waals surface area contributed by atoms with E-state index in [2.05, 4.69) is 10.0 Å². The Labute approximate surface area is 116 Å². The Hall–Kier alpha value is -2.65. The summed E-state index contributed by atoms with van der Waals surface area (Å²) >= 11 is 0. The number of unbranched alkanes of at least 4 members (excludes halogenated alkanes) is 1. The Morgan fingerprint density at radius 3 is 2.45 bits per heavy atom. The molecular formula is C15H13N3O2. The lowest BCUT2D eigenvalue weighted by Gasteiger charge is -2.16. The number of hydrogen-bond acceptors (Lipinski definition) is 3. The number of nitrogens with zero attached hydrogens (tertiary/aromatic N) is 3. The zero-order valence-electron chi connectivity index (χ0n) is 11.0. The monoisotopic (exact) mass is 267 g/mol. The SMILES string of the molecule is CCCC=CC1=C(N=[N+]=[N-])C(=O)c2ccccc2C1=O. The fourth-order valence-electron chi connectivity index (χ4n) is 2.05. The molecule has 0 aromatic heterocycles. The molecule has 0 unspecified atom stereocenters. The van der Waals surface area contributed by atoms with E-state index < -0.39 is 5.78 Å². The topological polar surface area (TPSA) is 82.9 Å². The molecule has 20 heavy (non-hydrogen) atoms. The fraction of sp³-hybridized carbons (Fsp3) is 0.200. The maximum Gasteiger partial charge on any atom is 0.196 e. The van der Waals surface area contributed by atoms with Crippen LogP contribution in [-0.4, -0.2) is 11.6 Å². The van der Waals surface area contributed by atoms with E-state index >= 15 is 0 Å². The Morgan fingerprint density at radius 2 is 1.85 bits per heavy atom. The Balaban J connectivity index is 2.59. The van der Waals surface area contributed by atoms with Gasteiger partial charge in [0.05, 0.1) is 5.70 Å². The largest absolute Gasteiger partial charge is 0.289 e. The molecule has 0 fully saturated rings. The lowest BCUT2D eigenvalue weighted by molar-refractivity contribution is 0.0976. The number of rotatable bonds is 4. The van der Waals surface area contributed by atoms with Gasteiger partial charge in [0.1, 0.15) is 0 Å². The summed E-state index contributed by atoms with van der Waals surface area (Å²) in [7, 11) is 0. The van der Waals surface area contributed by atoms with Crippen molar-refractivity contribution in [3.63, 3.8) is 0 Å². The number of benzene rings is 1. The number of hydrogen-bond donors (Lipinski definition) is 0. The third kappa shape index (κ3) is 2.39. The first kappa shape index (κ1) is 13.8. The summed E-state index contributed by atoms with van der Waals surface area (Å²) in [6.45, 7) is 2.01. The number of Topliss-reactive ketones (excluding diaryl/α,β-unsaturated/α-hetero) is 2. The predicted molar refractivity (Wildman–Crippen MR) is 75.3 cm³/mol. The van der Waals surface area contributed by atoms with Gasteiger partial charge in [-0.2, -0.15) is 0 Å². The Morgan fingerprint density at radius 1 is 1.20 bits per heavy atom. The van der Waals surface area contributed by atoms with Gasteiger partial charge in [-0.15, -0.1) is 0 Å². The van der Waals surface area contributed by atoms with Crippen molar-refractivity contribution in [2.24, 2.45) is 5.11 Å². The maximum atomic E-state index is 12.4. The lowest BCUT2D eigenvalue weighted by atomic mass is 9.87. The number of carbonyl (C=O) groups is 2. The average Bonchev–Trinajstić information content (AvgIpc) is 2.47. The van der Waals surface area contributed by atoms with Crippen molar-refractivity contribution < 1.29 is 9.59 Å². The van der Waals surface area contributed by atoms with E-state index in [0.717, 1.165) is 12.8 Å². The summed E-state index contributed by atoms with van der Waals surface area (Å²) in [4.78, 5) is 27.3. The smallest absolute Gasteiger partial charge is 0.196 e. The van der Waals surface area contributed by atoms with Crippen LogP contribution < -0.4 is 0 Å². The molecule has 0 radical (unpaired) electrons. The van der Waals surface area contributed by atoms with E-state index in [1.54, 1.807) is 36.4 Å². The van der Waals surface area contributed by atoms with E-state index in [4.69, 9.17) is 5.53 Å². The Kier molecular flexibility index (Phi) is 4.13. The minimum atomic E-state index is -0.408. The molecule has 0 amide bonds. The van der Waals surface area contributed by atoms with Crippen LogP contribution in [0.25, 0.3) is 10.4 Å². The van der Waals surface area contributed by atoms with Crippen molar-refractivity contribution in [1.29, 1.82) is 0 Å². The zero-order chi connectivity index (χ0) is 14.5. The minimum absolute atomic E-state index is 0.122. The van der Waals surface area contributed by atoms with E-state index in [1.807, 2.05) is 6.92 Å². The molecular weight excluding hydrogens is 254 g/mol. The van der Waals surface area contributed by atoms with Crippen LogP contribution in [0.4, 0.5) is 0 Å². The van der Waals surface area contributed by atoms with Crippen molar-refractivity contribution in [3.05, 3.63) is 69.3 Å². The molecule has 100 valence electrons. The van der Waals surface area contributed by atoms with Crippen LogP contribution in [-0.2, 0) is 0 Å². The second kappa shape index (κ2) is 5.99. The average molecular weight is 267 g/mol. The van der Waals surface area contributed by atoms with Gasteiger partial charge in [0.2, 0.25) is 0 Å². The minimum Gasteiger partial charge on any atom is -0.289 e. The van der Waals surface area contributed by atoms with E-state index in [0.29, 0.717) is 5.56 Å². The second-order valence-electron chi connectivity index (χ2n) is 4.35. The maximum absolute atomic E-state index is 12.4. The molecule has 2 rings (SSSR count). The molecule has 1 aliphatic carbocycles. The van der Waals surface area contributed by atoms with Crippen LogP contribution in [0.2, 0.25) is 0 Å². The summed E-state index contributed by atoms with van der Waals surface area (Å²) in [5.41, 5.74) is 9.28. The molecule has 0 saturated carbocycles. The van der Waals surface area contributed by atoms with Crippen molar-refractivity contribution in [2.75, 3.05) is 0 Å². The van der Waals surface area contributed by atoms with Crippen molar-refractivity contribution in [1.82, 2.24) is 0 Å². The molecule has 0 N–H and O–H groups in total. The van der Waals surface area contributed by atoms with Crippen LogP contribution in [0.5, 0.6) is 0 Å². The highest BCUT2D eigenvalue weighted by Gasteiger charge is 2.29. The quantitative estimate of drug-likeness (QED) is 0.469. The van der Waals surface area contributed by atoms with Crippen LogP contribution >= 0.6 is 0 Å². The number of carbonyl (C=O) groups excluding carboxylic acids is 2. The molecule has 1 aromatic carbocycles. The van der Waals surface area contributed by atoms with Crippen molar-refractivity contribution >= 4 is 11.6 Å². The van der Waals surface area contributed by atoms with Crippen LogP contribution in [0, 0.1) is 0 Å².